The first kappa shape index (κ1) is 28.3. The van der Waals surface area contributed by atoms with Crippen molar-refractivity contribution in [2.75, 3.05) is 12.0 Å². The Kier molecular flexibility index (Phi) is 7.55. The first-order chi connectivity index (χ1) is 13.4. The maximum atomic E-state index is 14.0. The number of hydrogen-bond acceptors (Lipinski definition) is 4. The van der Waals surface area contributed by atoms with Gasteiger partial charge in [-0.15, -0.1) is 10.3 Å². The van der Waals surface area contributed by atoms with Crippen LogP contribution in [0.4, 0.5) is 39.5 Å². The van der Waals surface area contributed by atoms with Gasteiger partial charge in [0.05, 0.1) is 5.75 Å². The summed E-state index contributed by atoms with van der Waals surface area (Å²) < 4.78 is 145. The fraction of sp³-hybridized carbons (Fsp3) is 0.938. The van der Waals surface area contributed by atoms with E-state index in [0.29, 0.717) is 25.7 Å². The van der Waals surface area contributed by atoms with Gasteiger partial charge in [-0.05, 0) is 19.1 Å². The van der Waals surface area contributed by atoms with E-state index in [9.17, 15) is 52.7 Å². The highest BCUT2D eigenvalue weighted by Crippen LogP contribution is 2.62. The molecule has 1 fully saturated rings. The SMILES string of the molecule is CC(C)(C)S(C)(CC(=O)C1CCCC1)OS(=O)(=O)C(F)(F)C(F)(F)C(F)(F)C(F)(F)F. The van der Waals surface area contributed by atoms with Gasteiger partial charge in [0.15, 0.2) is 0 Å². The molecule has 0 heterocycles. The largest absolute Gasteiger partial charge is 0.460 e. The van der Waals surface area contributed by atoms with Crippen molar-refractivity contribution in [2.24, 2.45) is 5.92 Å². The second kappa shape index (κ2) is 8.26. The van der Waals surface area contributed by atoms with E-state index in [0.717, 1.165) is 6.26 Å². The van der Waals surface area contributed by atoms with E-state index in [1.165, 1.54) is 20.8 Å². The summed E-state index contributed by atoms with van der Waals surface area (Å²) in [6.45, 7) is 3.71. The minimum Gasteiger partial charge on any atom is -0.298 e. The summed E-state index contributed by atoms with van der Waals surface area (Å²) in [5.41, 5.74) is 0. The molecule has 0 aromatic rings. The van der Waals surface area contributed by atoms with Crippen LogP contribution in [-0.4, -0.2) is 54.2 Å². The Morgan fingerprint density at radius 2 is 1.29 bits per heavy atom. The number of carbonyl (C=O) groups excluding carboxylic acids is 1. The first-order valence-electron chi connectivity index (χ1n) is 8.89. The van der Waals surface area contributed by atoms with E-state index in [2.05, 4.69) is 3.63 Å². The summed E-state index contributed by atoms with van der Waals surface area (Å²) in [4.78, 5) is 12.5. The Balaban J connectivity index is 3.39. The highest BCUT2D eigenvalue weighted by Gasteiger charge is 2.86. The summed E-state index contributed by atoms with van der Waals surface area (Å²) in [5.74, 6) is -16.7. The van der Waals surface area contributed by atoms with E-state index >= 15 is 0 Å². The van der Waals surface area contributed by atoms with Gasteiger partial charge in [0.1, 0.15) is 5.78 Å². The van der Waals surface area contributed by atoms with Gasteiger partial charge < -0.3 is 0 Å². The highest BCUT2D eigenvalue weighted by molar-refractivity contribution is 8.33. The molecule has 1 aliphatic carbocycles. The fourth-order valence-electron chi connectivity index (χ4n) is 2.74. The molecular formula is C16H23F9O4S2. The third kappa shape index (κ3) is 4.97. The van der Waals surface area contributed by atoms with Crippen molar-refractivity contribution in [3.8, 4) is 0 Å². The van der Waals surface area contributed by atoms with Crippen LogP contribution in [0.5, 0.6) is 0 Å². The van der Waals surface area contributed by atoms with Crippen molar-refractivity contribution in [1.29, 1.82) is 0 Å². The summed E-state index contributed by atoms with van der Waals surface area (Å²) in [5, 5.41) is -6.95. The van der Waals surface area contributed by atoms with Gasteiger partial charge in [0.2, 0.25) is 0 Å². The zero-order valence-electron chi connectivity index (χ0n) is 17.0. The van der Waals surface area contributed by atoms with Crippen molar-refractivity contribution in [3.05, 3.63) is 0 Å². The van der Waals surface area contributed by atoms with Gasteiger partial charge >= 0.3 is 33.4 Å². The van der Waals surface area contributed by atoms with Crippen molar-refractivity contribution in [2.45, 2.75) is 74.5 Å². The van der Waals surface area contributed by atoms with E-state index in [1.807, 2.05) is 0 Å². The average molecular weight is 514 g/mol. The molecule has 1 unspecified atom stereocenters. The van der Waals surface area contributed by atoms with Gasteiger partial charge in [0, 0.05) is 10.7 Å². The van der Waals surface area contributed by atoms with Crippen molar-refractivity contribution in [1.82, 2.24) is 0 Å². The summed E-state index contributed by atoms with van der Waals surface area (Å²) in [6, 6.07) is 0. The van der Waals surface area contributed by atoms with Gasteiger partial charge in [-0.1, -0.05) is 33.6 Å². The molecular weight excluding hydrogens is 491 g/mol. The van der Waals surface area contributed by atoms with Crippen LogP contribution in [0, 0.1) is 5.92 Å². The molecule has 0 spiro atoms. The quantitative estimate of drug-likeness (QED) is 0.392. The lowest BCUT2D eigenvalue weighted by molar-refractivity contribution is -0.382. The van der Waals surface area contributed by atoms with Crippen molar-refractivity contribution in [3.63, 3.8) is 0 Å². The molecule has 0 saturated heterocycles. The standard InChI is InChI=1S/C16H23F9O4S2/c1-12(2,3)30(4,9-11(26)10-7-5-6-8-10)29-31(27,28)16(24,25)14(19,20)13(17,18)15(21,22)23/h10H,5-9H2,1-4H3. The number of rotatable bonds is 8. The Hall–Kier alpha value is -0.700. The van der Waals surface area contributed by atoms with Crippen LogP contribution in [-0.2, 0) is 18.5 Å². The van der Waals surface area contributed by atoms with Gasteiger partial charge in [-0.2, -0.15) is 47.9 Å². The molecule has 1 aliphatic rings. The van der Waals surface area contributed by atoms with Crippen molar-refractivity contribution >= 4 is 26.2 Å². The molecule has 1 rings (SSSR count). The Morgan fingerprint density at radius 1 is 0.871 bits per heavy atom. The van der Waals surface area contributed by atoms with Gasteiger partial charge in [0.25, 0.3) is 0 Å². The van der Waals surface area contributed by atoms with E-state index in [1.54, 1.807) is 0 Å². The predicted molar refractivity (Wildman–Crippen MR) is 96.0 cm³/mol. The highest BCUT2D eigenvalue weighted by atomic mass is 32.3. The summed E-state index contributed by atoms with van der Waals surface area (Å²) in [6.07, 6.45) is -4.07. The molecule has 0 N–H and O–H groups in total. The number of Topliss-reactive ketones (excluding diaryl/α,β-unsaturated/α-hetero) is 1. The minimum absolute atomic E-state index is 0.428. The second-order valence-electron chi connectivity index (χ2n) is 8.39. The molecule has 0 radical (unpaired) electrons. The summed E-state index contributed by atoms with van der Waals surface area (Å²) >= 11 is 0. The Bertz CT molecular complexity index is 782. The number of ketones is 1. The van der Waals surface area contributed by atoms with Crippen LogP contribution in [0.1, 0.15) is 46.5 Å². The van der Waals surface area contributed by atoms with Crippen LogP contribution >= 0.6 is 10.3 Å². The lowest BCUT2D eigenvalue weighted by Crippen LogP contribution is -2.63. The lowest BCUT2D eigenvalue weighted by Gasteiger charge is -2.46. The number of halogens is 9. The third-order valence-electron chi connectivity index (χ3n) is 5.19. The van der Waals surface area contributed by atoms with E-state index in [4.69, 9.17) is 0 Å². The number of hydrogen-bond donors (Lipinski definition) is 0. The first-order valence-corrected chi connectivity index (χ1v) is 12.4. The topological polar surface area (TPSA) is 60.4 Å². The van der Waals surface area contributed by atoms with Crippen LogP contribution in [0.25, 0.3) is 0 Å². The van der Waals surface area contributed by atoms with E-state index in [-0.39, 0.29) is 0 Å². The van der Waals surface area contributed by atoms with Gasteiger partial charge in [-0.25, -0.2) is 3.63 Å². The smallest absolute Gasteiger partial charge is 0.298 e. The van der Waals surface area contributed by atoms with Crippen LogP contribution in [0.15, 0.2) is 0 Å². The predicted octanol–water partition coefficient (Wildman–Crippen LogP) is 5.67. The summed E-state index contributed by atoms with van der Waals surface area (Å²) in [7, 11) is -10.6. The van der Waals surface area contributed by atoms with Crippen LogP contribution in [0.2, 0.25) is 0 Å². The molecule has 4 nitrogen and oxygen atoms in total. The molecule has 0 bridgehead atoms. The van der Waals surface area contributed by atoms with Crippen LogP contribution in [0.3, 0.4) is 0 Å². The minimum atomic E-state index is -7.38. The Morgan fingerprint density at radius 3 is 1.65 bits per heavy atom. The third-order valence-corrected chi connectivity index (χ3v) is 11.4. The van der Waals surface area contributed by atoms with Crippen LogP contribution < -0.4 is 0 Å². The molecule has 0 aromatic heterocycles. The molecule has 1 atom stereocenters. The normalized spacial score (nSPS) is 21.1. The molecule has 0 aromatic carbocycles. The van der Waals surface area contributed by atoms with Gasteiger partial charge in [-0.3, -0.25) is 4.79 Å². The number of carbonyl (C=O) groups is 1. The zero-order chi connectivity index (χ0) is 24.9. The zero-order valence-corrected chi connectivity index (χ0v) is 18.6. The molecule has 1 saturated carbocycles. The molecule has 0 aliphatic heterocycles. The lowest BCUT2D eigenvalue weighted by atomic mass is 10.0. The monoisotopic (exact) mass is 514 g/mol. The molecule has 31 heavy (non-hydrogen) atoms. The maximum Gasteiger partial charge on any atom is 0.460 e. The van der Waals surface area contributed by atoms with Crippen molar-refractivity contribution < 1.29 is 56.4 Å². The molecule has 15 heteroatoms. The second-order valence-corrected chi connectivity index (χ2v) is 13.9. The Labute approximate surface area is 175 Å². The number of alkyl halides is 9. The maximum absolute atomic E-state index is 14.0. The molecule has 0 amide bonds. The van der Waals surface area contributed by atoms with E-state index < -0.39 is 65.9 Å². The molecule has 186 valence electrons. The average Bonchev–Trinajstić information content (AvgIpc) is 3.05. The fourth-order valence-corrected chi connectivity index (χ4v) is 7.32.